The van der Waals surface area contributed by atoms with Crippen molar-refractivity contribution in [3.05, 3.63) is 24.3 Å². The van der Waals surface area contributed by atoms with Crippen LogP contribution in [0.5, 0.6) is 0 Å². The SMILES string of the molecule is CCCCCCC(=O)CC/C=C/C=C/C(=O)N[C@@H](C)CC. The molecular formula is C18H31NO2. The molecule has 0 spiro atoms. The molecule has 0 saturated carbocycles. The number of Topliss-reactive ketones (excluding diaryl/α,β-unsaturated/α-hetero) is 1. The first kappa shape index (κ1) is 19.6. The standard InChI is InChI=1S/C18H31NO2/c1-4-6-7-10-13-17(20)14-11-8-9-12-15-18(21)19-16(3)5-2/h8-9,12,15-16H,4-7,10-11,13-14H2,1-3H3,(H,19,21)/b9-8+,15-12+/t16-/m0/s1. The van der Waals surface area contributed by atoms with E-state index in [0.29, 0.717) is 18.6 Å². The molecule has 0 aliphatic rings. The summed E-state index contributed by atoms with van der Waals surface area (Å²) in [5, 5.41) is 2.86. The van der Waals surface area contributed by atoms with E-state index in [0.717, 1.165) is 25.7 Å². The Kier molecular flexibility index (Phi) is 12.7. The molecule has 0 aromatic carbocycles. The lowest BCUT2D eigenvalue weighted by atomic mass is 10.1. The van der Waals surface area contributed by atoms with Crippen molar-refractivity contribution >= 4 is 11.7 Å². The largest absolute Gasteiger partial charge is 0.350 e. The number of rotatable bonds is 12. The Morgan fingerprint density at radius 3 is 2.48 bits per heavy atom. The van der Waals surface area contributed by atoms with E-state index in [9.17, 15) is 9.59 Å². The Morgan fingerprint density at radius 2 is 1.81 bits per heavy atom. The number of nitrogens with one attached hydrogen (secondary N) is 1. The Bertz CT molecular complexity index is 345. The van der Waals surface area contributed by atoms with Crippen LogP contribution in [0, 0.1) is 0 Å². The molecule has 0 fully saturated rings. The molecular weight excluding hydrogens is 262 g/mol. The van der Waals surface area contributed by atoms with Gasteiger partial charge in [0.15, 0.2) is 0 Å². The third kappa shape index (κ3) is 13.4. The van der Waals surface area contributed by atoms with Crippen molar-refractivity contribution in [2.45, 2.75) is 78.2 Å². The van der Waals surface area contributed by atoms with E-state index in [1.54, 1.807) is 6.08 Å². The van der Waals surface area contributed by atoms with Crippen LogP contribution in [0.2, 0.25) is 0 Å². The maximum absolute atomic E-state index is 11.6. The first-order valence-corrected chi connectivity index (χ1v) is 8.25. The molecule has 3 heteroatoms. The maximum Gasteiger partial charge on any atom is 0.244 e. The fraction of sp³-hybridized carbons (Fsp3) is 0.667. The molecule has 21 heavy (non-hydrogen) atoms. The first-order valence-electron chi connectivity index (χ1n) is 8.25. The van der Waals surface area contributed by atoms with Crippen LogP contribution in [0.25, 0.3) is 0 Å². The highest BCUT2D eigenvalue weighted by atomic mass is 16.1. The third-order valence-corrected chi connectivity index (χ3v) is 3.39. The second kappa shape index (κ2) is 13.6. The average Bonchev–Trinajstić information content (AvgIpc) is 2.47. The van der Waals surface area contributed by atoms with Crippen molar-refractivity contribution < 1.29 is 9.59 Å². The van der Waals surface area contributed by atoms with Crippen LogP contribution in [0.1, 0.15) is 72.1 Å². The monoisotopic (exact) mass is 293 g/mol. The highest BCUT2D eigenvalue weighted by molar-refractivity contribution is 5.87. The van der Waals surface area contributed by atoms with E-state index in [1.807, 2.05) is 26.0 Å². The van der Waals surface area contributed by atoms with Crippen LogP contribution in [0.15, 0.2) is 24.3 Å². The maximum atomic E-state index is 11.6. The molecule has 0 radical (unpaired) electrons. The van der Waals surface area contributed by atoms with Gasteiger partial charge in [-0.05, 0) is 26.2 Å². The summed E-state index contributed by atoms with van der Waals surface area (Å²) < 4.78 is 0. The molecule has 0 aliphatic carbocycles. The molecule has 0 aromatic rings. The lowest BCUT2D eigenvalue weighted by molar-refractivity contribution is -0.119. The van der Waals surface area contributed by atoms with Crippen LogP contribution in [-0.2, 0) is 9.59 Å². The molecule has 1 atom stereocenters. The lowest BCUT2D eigenvalue weighted by Gasteiger charge is -2.07. The van der Waals surface area contributed by atoms with E-state index in [1.165, 1.54) is 18.9 Å². The van der Waals surface area contributed by atoms with E-state index in [-0.39, 0.29) is 11.9 Å². The molecule has 120 valence electrons. The zero-order valence-electron chi connectivity index (χ0n) is 13.9. The van der Waals surface area contributed by atoms with Crippen LogP contribution in [-0.4, -0.2) is 17.7 Å². The number of hydrogen-bond donors (Lipinski definition) is 1. The number of carbonyl (C=O) groups excluding carboxylic acids is 2. The van der Waals surface area contributed by atoms with Gasteiger partial charge in [-0.3, -0.25) is 9.59 Å². The second-order valence-corrected chi connectivity index (χ2v) is 5.49. The summed E-state index contributed by atoms with van der Waals surface area (Å²) in [5.41, 5.74) is 0. The fourth-order valence-electron chi connectivity index (χ4n) is 1.83. The van der Waals surface area contributed by atoms with Crippen molar-refractivity contribution in [3.63, 3.8) is 0 Å². The first-order chi connectivity index (χ1) is 10.1. The summed E-state index contributed by atoms with van der Waals surface area (Å²) in [5.74, 6) is 0.273. The summed E-state index contributed by atoms with van der Waals surface area (Å²) in [7, 11) is 0. The van der Waals surface area contributed by atoms with Gasteiger partial charge in [0.2, 0.25) is 5.91 Å². The molecule has 1 amide bonds. The molecule has 0 aliphatic heterocycles. The zero-order valence-corrected chi connectivity index (χ0v) is 13.9. The predicted molar refractivity (Wildman–Crippen MR) is 89.2 cm³/mol. The summed E-state index contributed by atoms with van der Waals surface area (Å²) in [6.45, 7) is 6.19. The minimum atomic E-state index is -0.0685. The van der Waals surface area contributed by atoms with E-state index in [2.05, 4.69) is 12.2 Å². The Labute approximate surface area is 129 Å². The van der Waals surface area contributed by atoms with Gasteiger partial charge in [-0.2, -0.15) is 0 Å². The topological polar surface area (TPSA) is 46.2 Å². The van der Waals surface area contributed by atoms with Crippen LogP contribution in [0.4, 0.5) is 0 Å². The van der Waals surface area contributed by atoms with Gasteiger partial charge in [0.1, 0.15) is 5.78 Å². The number of carbonyl (C=O) groups is 2. The lowest BCUT2D eigenvalue weighted by Crippen LogP contribution is -2.30. The Morgan fingerprint density at radius 1 is 1.05 bits per heavy atom. The molecule has 3 nitrogen and oxygen atoms in total. The minimum absolute atomic E-state index is 0.0685. The zero-order chi connectivity index (χ0) is 15.9. The number of ketones is 1. The third-order valence-electron chi connectivity index (χ3n) is 3.39. The second-order valence-electron chi connectivity index (χ2n) is 5.49. The van der Waals surface area contributed by atoms with Gasteiger partial charge in [-0.25, -0.2) is 0 Å². The van der Waals surface area contributed by atoms with Crippen LogP contribution < -0.4 is 5.32 Å². The molecule has 0 unspecified atom stereocenters. The van der Waals surface area contributed by atoms with Gasteiger partial charge < -0.3 is 5.32 Å². The summed E-state index contributed by atoms with van der Waals surface area (Å²) in [4.78, 5) is 23.0. The molecule has 0 rings (SSSR count). The number of amides is 1. The van der Waals surface area contributed by atoms with Gasteiger partial charge in [0.25, 0.3) is 0 Å². The van der Waals surface area contributed by atoms with Gasteiger partial charge in [-0.15, -0.1) is 0 Å². The van der Waals surface area contributed by atoms with Crippen molar-refractivity contribution in [1.29, 1.82) is 0 Å². The van der Waals surface area contributed by atoms with Gasteiger partial charge in [0.05, 0.1) is 0 Å². The Hall–Kier alpha value is -1.38. The van der Waals surface area contributed by atoms with Crippen molar-refractivity contribution in [3.8, 4) is 0 Å². The number of hydrogen-bond acceptors (Lipinski definition) is 2. The smallest absolute Gasteiger partial charge is 0.244 e. The van der Waals surface area contributed by atoms with E-state index in [4.69, 9.17) is 0 Å². The molecule has 0 saturated heterocycles. The molecule has 0 heterocycles. The summed E-state index contributed by atoms with van der Waals surface area (Å²) >= 11 is 0. The number of allylic oxidation sites excluding steroid dienone is 3. The molecule has 0 bridgehead atoms. The molecule has 1 N–H and O–H groups in total. The van der Waals surface area contributed by atoms with Crippen LogP contribution in [0.3, 0.4) is 0 Å². The van der Waals surface area contributed by atoms with Gasteiger partial charge in [-0.1, -0.05) is 51.3 Å². The summed E-state index contributed by atoms with van der Waals surface area (Å²) in [6.07, 6.45) is 14.6. The van der Waals surface area contributed by atoms with Gasteiger partial charge in [0, 0.05) is 25.0 Å². The quantitative estimate of drug-likeness (QED) is 0.331. The van der Waals surface area contributed by atoms with Crippen molar-refractivity contribution in [1.82, 2.24) is 5.32 Å². The normalized spacial score (nSPS) is 12.9. The molecule has 0 aromatic heterocycles. The Balaban J connectivity index is 3.67. The van der Waals surface area contributed by atoms with E-state index < -0.39 is 0 Å². The van der Waals surface area contributed by atoms with Crippen molar-refractivity contribution in [2.24, 2.45) is 0 Å². The number of unbranched alkanes of at least 4 members (excludes halogenated alkanes) is 3. The van der Waals surface area contributed by atoms with Crippen molar-refractivity contribution in [2.75, 3.05) is 0 Å². The fourth-order valence-corrected chi connectivity index (χ4v) is 1.83. The van der Waals surface area contributed by atoms with E-state index >= 15 is 0 Å². The highest BCUT2D eigenvalue weighted by Crippen LogP contribution is 2.05. The minimum Gasteiger partial charge on any atom is -0.350 e. The highest BCUT2D eigenvalue weighted by Gasteiger charge is 2.00. The predicted octanol–water partition coefficient (Wildman–Crippen LogP) is 4.33. The van der Waals surface area contributed by atoms with Crippen LogP contribution >= 0.6 is 0 Å². The van der Waals surface area contributed by atoms with Gasteiger partial charge >= 0.3 is 0 Å². The average molecular weight is 293 g/mol. The summed E-state index contributed by atoms with van der Waals surface area (Å²) in [6, 6.07) is 0.205.